The molecule has 1 unspecified atom stereocenters. The van der Waals surface area contributed by atoms with Gasteiger partial charge in [-0.1, -0.05) is 0 Å². The number of aliphatic hydroxyl groups is 1. The van der Waals surface area contributed by atoms with E-state index in [0.29, 0.717) is 0 Å². The molecule has 1 heterocycles. The van der Waals surface area contributed by atoms with Crippen LogP contribution in [-0.4, -0.2) is 13.5 Å². The van der Waals surface area contributed by atoms with Gasteiger partial charge in [0.05, 0.1) is 6.61 Å². The molecule has 0 bridgehead atoms. The summed E-state index contributed by atoms with van der Waals surface area (Å²) in [7, 11) is -4.24. The van der Waals surface area contributed by atoms with E-state index in [9.17, 15) is 17.2 Å². The lowest BCUT2D eigenvalue weighted by Crippen LogP contribution is -2.27. The Bertz CT molecular complexity index is 730. The Kier molecular flexibility index (Phi) is 4.72. The van der Waals surface area contributed by atoms with Gasteiger partial charge < -0.3 is 5.11 Å². The Hall–Kier alpha value is -1.35. The van der Waals surface area contributed by atoms with Gasteiger partial charge in [0.25, 0.3) is 0 Å². The molecule has 2 N–H and O–H groups in total. The molecule has 8 heteroatoms. The Labute approximate surface area is 125 Å². The zero-order valence-corrected chi connectivity index (χ0v) is 12.6. The molecule has 2 aromatic rings. The third-order valence-corrected chi connectivity index (χ3v) is 5.14. The smallest absolute Gasteiger partial charge is 0.244 e. The molecule has 114 valence electrons. The second-order valence-corrected chi connectivity index (χ2v) is 6.91. The average Bonchev–Trinajstić information content (AvgIpc) is 2.95. The largest absolute Gasteiger partial charge is 0.392 e. The van der Waals surface area contributed by atoms with E-state index in [-0.39, 0.29) is 5.56 Å². The van der Waals surface area contributed by atoms with Gasteiger partial charge in [-0.2, -0.15) is 11.3 Å². The van der Waals surface area contributed by atoms with E-state index in [1.54, 1.807) is 23.8 Å². The van der Waals surface area contributed by atoms with Crippen molar-refractivity contribution in [1.82, 2.24) is 4.72 Å². The SMILES string of the molecule is CC(NS(=O)(=O)c1cc(CO)cc(F)c1F)c1ccsc1. The minimum Gasteiger partial charge on any atom is -0.392 e. The van der Waals surface area contributed by atoms with Crippen LogP contribution in [-0.2, 0) is 16.6 Å². The highest BCUT2D eigenvalue weighted by atomic mass is 32.2. The molecule has 0 fully saturated rings. The van der Waals surface area contributed by atoms with Crippen molar-refractivity contribution in [2.24, 2.45) is 0 Å². The average molecular weight is 333 g/mol. The van der Waals surface area contributed by atoms with Crippen molar-refractivity contribution in [2.45, 2.75) is 24.5 Å². The fraction of sp³-hybridized carbons (Fsp3) is 0.231. The summed E-state index contributed by atoms with van der Waals surface area (Å²) in [5.41, 5.74) is 0.709. The molecule has 1 atom stereocenters. The second-order valence-electron chi connectivity index (χ2n) is 4.45. The highest BCUT2D eigenvalue weighted by Crippen LogP contribution is 2.23. The monoisotopic (exact) mass is 333 g/mol. The van der Waals surface area contributed by atoms with Crippen molar-refractivity contribution < 1.29 is 22.3 Å². The molecule has 0 saturated heterocycles. The first-order chi connectivity index (χ1) is 9.85. The van der Waals surface area contributed by atoms with E-state index in [0.717, 1.165) is 17.7 Å². The summed E-state index contributed by atoms with van der Waals surface area (Å²) in [5.74, 6) is -2.78. The molecule has 21 heavy (non-hydrogen) atoms. The predicted octanol–water partition coefficient (Wildman–Crippen LogP) is 2.56. The van der Waals surface area contributed by atoms with Gasteiger partial charge in [-0.3, -0.25) is 0 Å². The number of hydrogen-bond donors (Lipinski definition) is 2. The molecule has 0 saturated carbocycles. The second kappa shape index (κ2) is 6.18. The molecule has 0 spiro atoms. The van der Waals surface area contributed by atoms with Crippen LogP contribution in [0.25, 0.3) is 0 Å². The molecule has 0 radical (unpaired) electrons. The molecule has 1 aromatic heterocycles. The summed E-state index contributed by atoms with van der Waals surface area (Å²) >= 11 is 1.40. The van der Waals surface area contributed by atoms with Gasteiger partial charge in [-0.05, 0) is 47.0 Å². The maximum absolute atomic E-state index is 13.7. The lowest BCUT2D eigenvalue weighted by molar-refractivity contribution is 0.280. The van der Waals surface area contributed by atoms with Crippen molar-refractivity contribution in [3.8, 4) is 0 Å². The fourth-order valence-corrected chi connectivity index (χ4v) is 3.91. The lowest BCUT2D eigenvalue weighted by atomic mass is 10.2. The first-order valence-electron chi connectivity index (χ1n) is 5.98. The minimum atomic E-state index is -4.24. The van der Waals surface area contributed by atoms with Crippen LogP contribution in [0.4, 0.5) is 8.78 Å². The van der Waals surface area contributed by atoms with Crippen molar-refractivity contribution in [3.05, 3.63) is 51.7 Å². The lowest BCUT2D eigenvalue weighted by Gasteiger charge is -2.14. The van der Waals surface area contributed by atoms with Crippen LogP contribution in [0.15, 0.2) is 33.9 Å². The molecule has 1 aromatic carbocycles. The zero-order valence-electron chi connectivity index (χ0n) is 11.0. The number of thiophene rings is 1. The third kappa shape index (κ3) is 3.46. The van der Waals surface area contributed by atoms with Crippen LogP contribution in [0.1, 0.15) is 24.1 Å². The molecule has 4 nitrogen and oxygen atoms in total. The molecular weight excluding hydrogens is 320 g/mol. The highest BCUT2D eigenvalue weighted by molar-refractivity contribution is 7.89. The normalized spacial score (nSPS) is 13.3. The number of sulfonamides is 1. The molecule has 0 aliphatic heterocycles. The van der Waals surface area contributed by atoms with Crippen LogP contribution in [0.2, 0.25) is 0 Å². The third-order valence-electron chi connectivity index (χ3n) is 2.90. The van der Waals surface area contributed by atoms with Crippen LogP contribution < -0.4 is 4.72 Å². The molecule has 0 aliphatic rings. The van der Waals surface area contributed by atoms with Crippen LogP contribution in [0, 0.1) is 11.6 Å². The predicted molar refractivity (Wildman–Crippen MR) is 75.3 cm³/mol. The summed E-state index contributed by atoms with van der Waals surface area (Å²) in [6, 6.07) is 2.83. The quantitative estimate of drug-likeness (QED) is 0.884. The minimum absolute atomic E-state index is 0.0162. The first-order valence-corrected chi connectivity index (χ1v) is 8.41. The molecule has 0 amide bonds. The Morgan fingerprint density at radius 3 is 2.67 bits per heavy atom. The molecule has 0 aliphatic carbocycles. The molecular formula is C13H13F2NO3S2. The topological polar surface area (TPSA) is 66.4 Å². The number of halogens is 2. The van der Waals surface area contributed by atoms with E-state index >= 15 is 0 Å². The van der Waals surface area contributed by atoms with Crippen molar-refractivity contribution >= 4 is 21.4 Å². The van der Waals surface area contributed by atoms with Gasteiger partial charge in [0.1, 0.15) is 4.90 Å². The van der Waals surface area contributed by atoms with Gasteiger partial charge in [-0.15, -0.1) is 0 Å². The van der Waals surface area contributed by atoms with E-state index in [1.807, 2.05) is 0 Å². The maximum atomic E-state index is 13.7. The zero-order chi connectivity index (χ0) is 15.6. The maximum Gasteiger partial charge on any atom is 0.244 e. The number of aliphatic hydroxyl groups excluding tert-OH is 1. The van der Waals surface area contributed by atoms with E-state index in [4.69, 9.17) is 5.11 Å². The Morgan fingerprint density at radius 1 is 1.38 bits per heavy atom. The van der Waals surface area contributed by atoms with Crippen LogP contribution >= 0.6 is 11.3 Å². The number of rotatable bonds is 5. The van der Waals surface area contributed by atoms with Crippen molar-refractivity contribution in [1.29, 1.82) is 0 Å². The summed E-state index contributed by atoms with van der Waals surface area (Å²) in [5, 5.41) is 12.5. The summed E-state index contributed by atoms with van der Waals surface area (Å²) in [6.45, 7) is 1.02. The van der Waals surface area contributed by atoms with Gasteiger partial charge in [-0.25, -0.2) is 21.9 Å². The highest BCUT2D eigenvalue weighted by Gasteiger charge is 2.25. The van der Waals surface area contributed by atoms with E-state index in [1.165, 1.54) is 11.3 Å². The fourth-order valence-electron chi connectivity index (χ4n) is 1.79. The van der Waals surface area contributed by atoms with Crippen molar-refractivity contribution in [2.75, 3.05) is 0 Å². The van der Waals surface area contributed by atoms with Crippen LogP contribution in [0.3, 0.4) is 0 Å². The van der Waals surface area contributed by atoms with Gasteiger partial charge in [0.2, 0.25) is 10.0 Å². The summed E-state index contributed by atoms with van der Waals surface area (Å²) < 4.78 is 53.8. The van der Waals surface area contributed by atoms with Crippen molar-refractivity contribution in [3.63, 3.8) is 0 Å². The molecule has 2 rings (SSSR count). The van der Waals surface area contributed by atoms with Gasteiger partial charge in [0, 0.05) is 6.04 Å². The summed E-state index contributed by atoms with van der Waals surface area (Å²) in [4.78, 5) is -0.811. The summed E-state index contributed by atoms with van der Waals surface area (Å²) in [6.07, 6.45) is 0. The Morgan fingerprint density at radius 2 is 2.10 bits per heavy atom. The van der Waals surface area contributed by atoms with Crippen LogP contribution in [0.5, 0.6) is 0 Å². The number of nitrogens with one attached hydrogen (secondary N) is 1. The van der Waals surface area contributed by atoms with Gasteiger partial charge >= 0.3 is 0 Å². The Balaban J connectivity index is 2.38. The van der Waals surface area contributed by atoms with Gasteiger partial charge in [0.15, 0.2) is 11.6 Å². The number of hydrogen-bond acceptors (Lipinski definition) is 4. The standard InChI is InChI=1S/C13H13F2NO3S2/c1-8(10-2-3-20-7-10)16-21(18,19)12-5-9(6-17)4-11(14)13(12)15/h2-5,7-8,16-17H,6H2,1H3. The van der Waals surface area contributed by atoms with E-state index in [2.05, 4.69) is 4.72 Å². The first kappa shape index (κ1) is 16.0. The van der Waals surface area contributed by atoms with E-state index < -0.39 is 39.2 Å². The number of benzene rings is 1.